The molecule has 18 heavy (non-hydrogen) atoms. The molecule has 1 saturated heterocycles. The van der Waals surface area contributed by atoms with Crippen LogP contribution in [-0.4, -0.2) is 39.9 Å². The summed E-state index contributed by atoms with van der Waals surface area (Å²) in [6.45, 7) is 9.13. The Morgan fingerprint density at radius 3 is 2.72 bits per heavy atom. The second-order valence-corrected chi connectivity index (χ2v) is 4.14. The Kier molecular flexibility index (Phi) is 5.55. The zero-order chi connectivity index (χ0) is 13.5. The minimum Gasteiger partial charge on any atom is -0.365 e. The van der Waals surface area contributed by atoms with Crippen molar-refractivity contribution in [1.82, 2.24) is 14.9 Å². The Hall–Kier alpha value is -1.65. The van der Waals surface area contributed by atoms with E-state index >= 15 is 0 Å². The molecule has 0 spiro atoms. The molecule has 5 heteroatoms. The largest absolute Gasteiger partial charge is 0.365 e. The lowest BCUT2D eigenvalue weighted by Crippen LogP contribution is -2.29. The van der Waals surface area contributed by atoms with Crippen molar-refractivity contribution < 1.29 is 4.79 Å². The summed E-state index contributed by atoms with van der Waals surface area (Å²) in [5, 5.41) is 3.32. The number of carbonyl (C=O) groups is 1. The molecule has 1 N–H and O–H groups in total. The summed E-state index contributed by atoms with van der Waals surface area (Å²) in [5.74, 6) is 0.978. The van der Waals surface area contributed by atoms with E-state index in [9.17, 15) is 4.79 Å². The number of nitrogens with one attached hydrogen (secondary N) is 1. The lowest BCUT2D eigenvalue weighted by molar-refractivity contribution is -0.127. The van der Waals surface area contributed by atoms with Gasteiger partial charge in [-0.05, 0) is 13.3 Å². The molecule has 2 rings (SSSR count). The Morgan fingerprint density at radius 2 is 2.17 bits per heavy atom. The summed E-state index contributed by atoms with van der Waals surface area (Å²) in [6.07, 6.45) is 2.53. The SMILES string of the molecule is CC.CC(=O)N1CCC(Nc2cc(C)ncn2)C1. The molecule has 0 saturated carbocycles. The maximum atomic E-state index is 11.2. The topological polar surface area (TPSA) is 58.1 Å². The number of carbonyl (C=O) groups excluding carboxylic acids is 1. The standard InChI is InChI=1S/C11H16N4O.C2H6/c1-8-5-11(13-7-12-8)14-10-3-4-15(6-10)9(2)16;1-2/h5,7,10H,3-4,6H2,1-2H3,(H,12,13,14);1-2H3. The molecule has 1 fully saturated rings. The number of anilines is 1. The summed E-state index contributed by atoms with van der Waals surface area (Å²) >= 11 is 0. The molecular weight excluding hydrogens is 228 g/mol. The molecule has 1 aliphatic rings. The van der Waals surface area contributed by atoms with Gasteiger partial charge in [-0.15, -0.1) is 0 Å². The van der Waals surface area contributed by atoms with Crippen LogP contribution in [0.1, 0.15) is 32.9 Å². The van der Waals surface area contributed by atoms with Gasteiger partial charge in [-0.1, -0.05) is 13.8 Å². The average Bonchev–Trinajstić information content (AvgIpc) is 2.80. The van der Waals surface area contributed by atoms with Crippen molar-refractivity contribution in [3.63, 3.8) is 0 Å². The van der Waals surface area contributed by atoms with Gasteiger partial charge in [0.2, 0.25) is 5.91 Å². The van der Waals surface area contributed by atoms with Crippen LogP contribution in [0.25, 0.3) is 0 Å². The first kappa shape index (κ1) is 14.4. The van der Waals surface area contributed by atoms with E-state index < -0.39 is 0 Å². The molecule has 100 valence electrons. The Labute approximate surface area is 109 Å². The van der Waals surface area contributed by atoms with Crippen LogP contribution in [-0.2, 0) is 4.79 Å². The minimum atomic E-state index is 0.142. The Bertz CT molecular complexity index is 394. The van der Waals surface area contributed by atoms with E-state index in [0.717, 1.165) is 31.0 Å². The van der Waals surface area contributed by atoms with E-state index in [-0.39, 0.29) is 5.91 Å². The van der Waals surface area contributed by atoms with E-state index in [2.05, 4.69) is 15.3 Å². The predicted molar refractivity (Wildman–Crippen MR) is 72.4 cm³/mol. The van der Waals surface area contributed by atoms with Gasteiger partial charge in [-0.2, -0.15) is 0 Å². The molecule has 1 unspecified atom stereocenters. The van der Waals surface area contributed by atoms with Gasteiger partial charge in [0, 0.05) is 37.8 Å². The van der Waals surface area contributed by atoms with E-state index in [1.807, 2.05) is 31.7 Å². The third-order valence-corrected chi connectivity index (χ3v) is 2.79. The fourth-order valence-corrected chi connectivity index (χ4v) is 1.91. The zero-order valence-electron chi connectivity index (χ0n) is 11.6. The van der Waals surface area contributed by atoms with Gasteiger partial charge >= 0.3 is 0 Å². The first-order chi connectivity index (χ1) is 8.65. The van der Waals surface area contributed by atoms with Gasteiger partial charge in [0.05, 0.1) is 0 Å². The molecule has 1 amide bonds. The molecule has 5 nitrogen and oxygen atoms in total. The summed E-state index contributed by atoms with van der Waals surface area (Å²) in [4.78, 5) is 21.2. The summed E-state index contributed by atoms with van der Waals surface area (Å²) in [5.41, 5.74) is 0.943. The maximum Gasteiger partial charge on any atom is 0.219 e. The fraction of sp³-hybridized carbons (Fsp3) is 0.615. The number of likely N-dealkylation sites (tertiary alicyclic amines) is 1. The number of hydrogen-bond acceptors (Lipinski definition) is 4. The number of amides is 1. The molecule has 0 bridgehead atoms. The highest BCUT2D eigenvalue weighted by Gasteiger charge is 2.23. The second kappa shape index (κ2) is 6.93. The van der Waals surface area contributed by atoms with Crippen LogP contribution < -0.4 is 5.32 Å². The van der Waals surface area contributed by atoms with Gasteiger partial charge in [-0.25, -0.2) is 9.97 Å². The lowest BCUT2D eigenvalue weighted by Gasteiger charge is -2.15. The molecule has 1 aliphatic heterocycles. The summed E-state index contributed by atoms with van der Waals surface area (Å²) in [7, 11) is 0. The highest BCUT2D eigenvalue weighted by Crippen LogP contribution is 2.14. The molecule has 1 aromatic heterocycles. The molecular formula is C13H22N4O. The van der Waals surface area contributed by atoms with Crippen molar-refractivity contribution in [2.45, 2.75) is 40.2 Å². The van der Waals surface area contributed by atoms with Gasteiger partial charge in [0.1, 0.15) is 12.1 Å². The Balaban J connectivity index is 0.000000771. The van der Waals surface area contributed by atoms with Gasteiger partial charge < -0.3 is 10.2 Å². The maximum absolute atomic E-state index is 11.2. The van der Waals surface area contributed by atoms with Crippen molar-refractivity contribution in [3.8, 4) is 0 Å². The highest BCUT2D eigenvalue weighted by atomic mass is 16.2. The van der Waals surface area contributed by atoms with Crippen LogP contribution >= 0.6 is 0 Å². The smallest absolute Gasteiger partial charge is 0.219 e. The quantitative estimate of drug-likeness (QED) is 0.870. The molecule has 0 aromatic carbocycles. The number of nitrogens with zero attached hydrogens (tertiary/aromatic N) is 3. The number of aryl methyl sites for hydroxylation is 1. The van der Waals surface area contributed by atoms with Crippen LogP contribution in [0.15, 0.2) is 12.4 Å². The van der Waals surface area contributed by atoms with Gasteiger partial charge in [-0.3, -0.25) is 4.79 Å². The van der Waals surface area contributed by atoms with E-state index in [1.165, 1.54) is 0 Å². The number of hydrogen-bond donors (Lipinski definition) is 1. The van der Waals surface area contributed by atoms with Crippen LogP contribution in [0.4, 0.5) is 5.82 Å². The third-order valence-electron chi connectivity index (χ3n) is 2.79. The fourth-order valence-electron chi connectivity index (χ4n) is 1.91. The van der Waals surface area contributed by atoms with Crippen molar-refractivity contribution in [2.24, 2.45) is 0 Å². The van der Waals surface area contributed by atoms with E-state index in [4.69, 9.17) is 0 Å². The van der Waals surface area contributed by atoms with Gasteiger partial charge in [0.15, 0.2) is 0 Å². The first-order valence-corrected chi connectivity index (χ1v) is 6.46. The van der Waals surface area contributed by atoms with E-state index in [1.54, 1.807) is 13.3 Å². The number of rotatable bonds is 2. The van der Waals surface area contributed by atoms with Crippen LogP contribution in [0.2, 0.25) is 0 Å². The zero-order valence-corrected chi connectivity index (χ0v) is 11.6. The monoisotopic (exact) mass is 250 g/mol. The highest BCUT2D eigenvalue weighted by molar-refractivity contribution is 5.73. The Morgan fingerprint density at radius 1 is 1.44 bits per heavy atom. The molecule has 1 atom stereocenters. The predicted octanol–water partition coefficient (Wildman–Crippen LogP) is 1.84. The number of aromatic nitrogens is 2. The molecule has 2 heterocycles. The summed E-state index contributed by atoms with van der Waals surface area (Å²) in [6, 6.07) is 2.22. The van der Waals surface area contributed by atoms with Crippen LogP contribution in [0.5, 0.6) is 0 Å². The third kappa shape index (κ3) is 3.98. The normalized spacial score (nSPS) is 18.0. The molecule has 0 radical (unpaired) electrons. The van der Waals surface area contributed by atoms with E-state index in [0.29, 0.717) is 6.04 Å². The van der Waals surface area contributed by atoms with Crippen LogP contribution in [0, 0.1) is 6.92 Å². The second-order valence-electron chi connectivity index (χ2n) is 4.14. The lowest BCUT2D eigenvalue weighted by atomic mass is 10.2. The van der Waals surface area contributed by atoms with Crippen molar-refractivity contribution in [2.75, 3.05) is 18.4 Å². The van der Waals surface area contributed by atoms with Crippen LogP contribution in [0.3, 0.4) is 0 Å². The minimum absolute atomic E-state index is 0.142. The summed E-state index contributed by atoms with van der Waals surface area (Å²) < 4.78 is 0. The average molecular weight is 250 g/mol. The first-order valence-electron chi connectivity index (χ1n) is 6.46. The van der Waals surface area contributed by atoms with Crippen molar-refractivity contribution in [3.05, 3.63) is 18.1 Å². The van der Waals surface area contributed by atoms with Gasteiger partial charge in [0.25, 0.3) is 0 Å². The molecule has 1 aromatic rings. The van der Waals surface area contributed by atoms with Crippen molar-refractivity contribution >= 4 is 11.7 Å². The van der Waals surface area contributed by atoms with Crippen molar-refractivity contribution in [1.29, 1.82) is 0 Å². The molecule has 0 aliphatic carbocycles.